The van der Waals surface area contributed by atoms with Crippen LogP contribution in [-0.2, 0) is 0 Å². The summed E-state index contributed by atoms with van der Waals surface area (Å²) in [5.41, 5.74) is 1.21. The zero-order valence-electron chi connectivity index (χ0n) is 11.2. The van der Waals surface area contributed by atoms with E-state index in [-0.39, 0.29) is 12.7 Å². The Morgan fingerprint density at radius 2 is 2.05 bits per heavy atom. The number of hydrogen-bond acceptors (Lipinski definition) is 3. The molecule has 7 heteroatoms. The maximum absolute atomic E-state index is 11.9. The topological polar surface area (TPSA) is 38.8 Å². The van der Waals surface area contributed by atoms with Crippen molar-refractivity contribution in [1.82, 2.24) is 4.90 Å². The molecule has 0 bridgehead atoms. The van der Waals surface area contributed by atoms with Crippen LogP contribution in [0.5, 0.6) is 11.5 Å². The van der Waals surface area contributed by atoms with Crippen molar-refractivity contribution >= 4 is 40.9 Å². The van der Waals surface area contributed by atoms with Crippen molar-refractivity contribution in [2.45, 2.75) is 12.8 Å². The SMILES string of the molecule is O=C(Oc1ccc(Cl)c(OC/C(Cl)=C/Cl)c1)N1CCCC1. The normalized spacial score (nSPS) is 15.2. The largest absolute Gasteiger partial charge is 0.486 e. The second-order valence-corrected chi connectivity index (χ2v) is 5.61. The average molecular weight is 351 g/mol. The molecule has 0 spiro atoms. The van der Waals surface area contributed by atoms with Crippen molar-refractivity contribution in [3.63, 3.8) is 0 Å². The highest BCUT2D eigenvalue weighted by Gasteiger charge is 2.20. The molecule has 21 heavy (non-hydrogen) atoms. The second-order valence-electron chi connectivity index (χ2n) is 4.50. The molecule has 1 amide bonds. The number of rotatable bonds is 4. The zero-order chi connectivity index (χ0) is 15.2. The monoisotopic (exact) mass is 349 g/mol. The molecule has 4 nitrogen and oxygen atoms in total. The lowest BCUT2D eigenvalue weighted by molar-refractivity contribution is 0.162. The van der Waals surface area contributed by atoms with Gasteiger partial charge in [0.15, 0.2) is 0 Å². The zero-order valence-corrected chi connectivity index (χ0v) is 13.4. The first-order valence-corrected chi connectivity index (χ1v) is 7.63. The van der Waals surface area contributed by atoms with Gasteiger partial charge in [-0.15, -0.1) is 0 Å². The minimum atomic E-state index is -0.362. The standard InChI is InChI=1S/C14H14Cl3NO3/c15-8-10(16)9-20-13-7-11(3-4-12(13)17)21-14(19)18-5-1-2-6-18/h3-4,7-8H,1-2,5-6,9H2/b10-8-. The van der Waals surface area contributed by atoms with Gasteiger partial charge in [0.05, 0.1) is 10.1 Å². The van der Waals surface area contributed by atoms with Crippen molar-refractivity contribution in [3.8, 4) is 11.5 Å². The van der Waals surface area contributed by atoms with Crippen molar-refractivity contribution in [3.05, 3.63) is 33.8 Å². The summed E-state index contributed by atoms with van der Waals surface area (Å²) in [7, 11) is 0. The highest BCUT2D eigenvalue weighted by Crippen LogP contribution is 2.30. The number of amides is 1. The summed E-state index contributed by atoms with van der Waals surface area (Å²) in [6.45, 7) is 1.55. The van der Waals surface area contributed by atoms with E-state index in [1.807, 2.05) is 0 Å². The molecule has 1 aromatic carbocycles. The fraction of sp³-hybridized carbons (Fsp3) is 0.357. The van der Waals surface area contributed by atoms with Crippen molar-refractivity contribution in [1.29, 1.82) is 0 Å². The van der Waals surface area contributed by atoms with Gasteiger partial charge in [-0.25, -0.2) is 4.79 Å². The van der Waals surface area contributed by atoms with Gasteiger partial charge in [0, 0.05) is 24.7 Å². The first kappa shape index (κ1) is 16.3. The predicted octanol–water partition coefficient (Wildman–Crippen LogP) is 4.63. The van der Waals surface area contributed by atoms with E-state index in [1.54, 1.807) is 23.1 Å². The molecule has 0 saturated carbocycles. The number of carbonyl (C=O) groups is 1. The first-order chi connectivity index (χ1) is 10.1. The number of benzene rings is 1. The number of ether oxygens (including phenoxy) is 2. The van der Waals surface area contributed by atoms with Crippen LogP contribution in [0.2, 0.25) is 5.02 Å². The lowest BCUT2D eigenvalue weighted by Crippen LogP contribution is -2.30. The highest BCUT2D eigenvalue weighted by atomic mass is 35.5. The summed E-state index contributed by atoms with van der Waals surface area (Å²) in [5.74, 6) is 0.748. The van der Waals surface area contributed by atoms with E-state index in [0.29, 0.717) is 21.6 Å². The van der Waals surface area contributed by atoms with Gasteiger partial charge in [0.2, 0.25) is 0 Å². The fourth-order valence-electron chi connectivity index (χ4n) is 1.90. The summed E-state index contributed by atoms with van der Waals surface area (Å²) in [5, 5.41) is 0.738. The molecule has 1 saturated heterocycles. The Hall–Kier alpha value is -1.10. The van der Waals surface area contributed by atoms with Gasteiger partial charge in [0.1, 0.15) is 18.1 Å². The predicted molar refractivity (Wildman–Crippen MR) is 83.6 cm³/mol. The quantitative estimate of drug-likeness (QED) is 0.794. The van der Waals surface area contributed by atoms with Crippen LogP contribution >= 0.6 is 34.8 Å². The number of carbonyl (C=O) groups excluding carboxylic acids is 1. The van der Waals surface area contributed by atoms with Crippen molar-refractivity contribution < 1.29 is 14.3 Å². The summed E-state index contributed by atoms with van der Waals surface area (Å²) in [4.78, 5) is 13.6. The van der Waals surface area contributed by atoms with E-state index in [9.17, 15) is 4.79 Å². The fourth-order valence-corrected chi connectivity index (χ4v) is 2.19. The van der Waals surface area contributed by atoms with Crippen LogP contribution in [0.25, 0.3) is 0 Å². The molecule has 1 fully saturated rings. The Kier molecular flexibility index (Phi) is 6.03. The lowest BCUT2D eigenvalue weighted by Gasteiger charge is -2.15. The molecule has 0 aromatic heterocycles. The summed E-state index contributed by atoms with van der Waals surface area (Å²) < 4.78 is 10.7. The third-order valence-electron chi connectivity index (χ3n) is 2.96. The van der Waals surface area contributed by atoms with Gasteiger partial charge in [0.25, 0.3) is 0 Å². The van der Waals surface area contributed by atoms with Gasteiger partial charge < -0.3 is 14.4 Å². The maximum Gasteiger partial charge on any atom is 0.415 e. The molecule has 1 aliphatic rings. The maximum atomic E-state index is 11.9. The molecule has 2 rings (SSSR count). The van der Waals surface area contributed by atoms with Crippen molar-refractivity contribution in [2.75, 3.05) is 19.7 Å². The molecule has 114 valence electrons. The van der Waals surface area contributed by atoms with Gasteiger partial charge >= 0.3 is 6.09 Å². The first-order valence-electron chi connectivity index (χ1n) is 6.44. The van der Waals surface area contributed by atoms with Gasteiger partial charge in [-0.2, -0.15) is 0 Å². The number of likely N-dealkylation sites (tertiary alicyclic amines) is 1. The van der Waals surface area contributed by atoms with E-state index in [4.69, 9.17) is 44.3 Å². The molecule has 0 unspecified atom stereocenters. The smallest absolute Gasteiger partial charge is 0.415 e. The molecular formula is C14H14Cl3NO3. The van der Waals surface area contributed by atoms with Crippen LogP contribution in [0, 0.1) is 0 Å². The molecule has 1 aliphatic heterocycles. The van der Waals surface area contributed by atoms with E-state index >= 15 is 0 Å². The van der Waals surface area contributed by atoms with Crippen LogP contribution in [0.15, 0.2) is 28.8 Å². The van der Waals surface area contributed by atoms with Gasteiger partial charge in [-0.3, -0.25) is 0 Å². The molecule has 0 radical (unpaired) electrons. The van der Waals surface area contributed by atoms with Crippen LogP contribution in [0.4, 0.5) is 4.79 Å². The van der Waals surface area contributed by atoms with E-state index in [2.05, 4.69) is 0 Å². The van der Waals surface area contributed by atoms with Crippen LogP contribution < -0.4 is 9.47 Å². The number of hydrogen-bond donors (Lipinski definition) is 0. The van der Waals surface area contributed by atoms with E-state index in [1.165, 1.54) is 5.54 Å². The van der Waals surface area contributed by atoms with Gasteiger partial charge in [-0.05, 0) is 25.0 Å². The minimum absolute atomic E-state index is 0.0916. The van der Waals surface area contributed by atoms with E-state index < -0.39 is 0 Å². The Bertz CT molecular complexity index is 542. The molecular weight excluding hydrogens is 337 g/mol. The number of halogens is 3. The van der Waals surface area contributed by atoms with Crippen LogP contribution in [-0.4, -0.2) is 30.7 Å². The molecule has 0 atom stereocenters. The third kappa shape index (κ3) is 4.70. The molecule has 1 aromatic rings. The molecule has 0 aliphatic carbocycles. The Balaban J connectivity index is 2.01. The average Bonchev–Trinajstić information content (AvgIpc) is 3.01. The lowest BCUT2D eigenvalue weighted by atomic mass is 10.3. The van der Waals surface area contributed by atoms with Crippen LogP contribution in [0.1, 0.15) is 12.8 Å². The summed E-state index contributed by atoms with van der Waals surface area (Å²) in [6.07, 6.45) is 1.65. The summed E-state index contributed by atoms with van der Waals surface area (Å²) >= 11 is 17.2. The Labute approximate surface area is 138 Å². The highest BCUT2D eigenvalue weighted by molar-refractivity contribution is 6.36. The number of nitrogens with zero attached hydrogens (tertiary/aromatic N) is 1. The minimum Gasteiger partial charge on any atom is -0.486 e. The van der Waals surface area contributed by atoms with Crippen LogP contribution in [0.3, 0.4) is 0 Å². The summed E-state index contributed by atoms with van der Waals surface area (Å²) in [6, 6.07) is 4.76. The third-order valence-corrected chi connectivity index (χ3v) is 3.86. The molecule has 1 heterocycles. The van der Waals surface area contributed by atoms with E-state index in [0.717, 1.165) is 25.9 Å². The Morgan fingerprint density at radius 3 is 2.71 bits per heavy atom. The second kappa shape index (κ2) is 7.78. The van der Waals surface area contributed by atoms with Gasteiger partial charge in [-0.1, -0.05) is 34.8 Å². The molecule has 0 N–H and O–H groups in total. The van der Waals surface area contributed by atoms with Crippen molar-refractivity contribution in [2.24, 2.45) is 0 Å². The Morgan fingerprint density at radius 1 is 1.33 bits per heavy atom.